The van der Waals surface area contributed by atoms with Crippen molar-refractivity contribution in [1.29, 1.82) is 0 Å². The van der Waals surface area contributed by atoms with Gasteiger partial charge in [0.2, 0.25) is 5.95 Å². The molecule has 1 aromatic carbocycles. The van der Waals surface area contributed by atoms with Crippen LogP contribution in [0.15, 0.2) is 30.5 Å². The van der Waals surface area contributed by atoms with Gasteiger partial charge in [0.05, 0.1) is 22.5 Å². The molecule has 7 heteroatoms. The van der Waals surface area contributed by atoms with E-state index in [-0.39, 0.29) is 11.4 Å². The van der Waals surface area contributed by atoms with Crippen LogP contribution in [0.25, 0.3) is 22.6 Å². The summed E-state index contributed by atoms with van der Waals surface area (Å²) < 4.78 is 0. The zero-order valence-corrected chi connectivity index (χ0v) is 17.5. The van der Waals surface area contributed by atoms with Crippen LogP contribution in [0.3, 0.4) is 0 Å². The second-order valence-corrected chi connectivity index (χ2v) is 8.22. The maximum atomic E-state index is 12.1. The van der Waals surface area contributed by atoms with Gasteiger partial charge in [0.1, 0.15) is 5.69 Å². The average Bonchev–Trinajstić information content (AvgIpc) is 3.07. The van der Waals surface area contributed by atoms with Crippen molar-refractivity contribution in [3.8, 4) is 34.5 Å². The van der Waals surface area contributed by atoms with E-state index in [1.807, 2.05) is 33.8 Å². The van der Waals surface area contributed by atoms with Gasteiger partial charge in [0, 0.05) is 22.2 Å². The molecule has 0 saturated carbocycles. The van der Waals surface area contributed by atoms with E-state index in [0.29, 0.717) is 33.2 Å². The van der Waals surface area contributed by atoms with Crippen LogP contribution in [0, 0.1) is 24.2 Å². The van der Waals surface area contributed by atoms with Crippen molar-refractivity contribution in [1.82, 2.24) is 15.0 Å². The Morgan fingerprint density at radius 2 is 1.97 bits per heavy atom. The van der Waals surface area contributed by atoms with Gasteiger partial charge >= 0.3 is 0 Å². The smallest absolute Gasteiger partial charge is 0.250 e. The molecule has 0 radical (unpaired) electrons. The summed E-state index contributed by atoms with van der Waals surface area (Å²) in [6.45, 7) is 7.97. The highest BCUT2D eigenvalue weighted by atomic mass is 35.5. The number of nitrogens with zero attached hydrogens (tertiary/aromatic N) is 2. The highest BCUT2D eigenvalue weighted by Crippen LogP contribution is 2.33. The molecule has 5 N–H and O–H groups in total. The van der Waals surface area contributed by atoms with Gasteiger partial charge in [-0.25, -0.2) is 9.97 Å². The second kappa shape index (κ2) is 7.61. The third-order valence-electron chi connectivity index (χ3n) is 4.19. The largest absolute Gasteiger partial charge is 0.368 e. The summed E-state index contributed by atoms with van der Waals surface area (Å²) in [6, 6.07) is 7.11. The molecular weight excluding hydrogens is 386 g/mol. The van der Waals surface area contributed by atoms with E-state index in [1.165, 1.54) is 0 Å². The molecule has 0 fully saturated rings. The van der Waals surface area contributed by atoms with Gasteiger partial charge in [-0.15, -0.1) is 0 Å². The molecule has 0 spiro atoms. The van der Waals surface area contributed by atoms with Crippen molar-refractivity contribution in [2.45, 2.75) is 27.7 Å². The Labute approximate surface area is 174 Å². The average molecular weight is 408 g/mol. The molecule has 0 aliphatic carbocycles. The molecule has 29 heavy (non-hydrogen) atoms. The van der Waals surface area contributed by atoms with E-state index in [2.05, 4.69) is 26.8 Å². The predicted octanol–water partition coefficient (Wildman–Crippen LogP) is 4.18. The van der Waals surface area contributed by atoms with Crippen molar-refractivity contribution in [3.05, 3.63) is 52.2 Å². The van der Waals surface area contributed by atoms with E-state index in [1.54, 1.807) is 24.4 Å². The van der Waals surface area contributed by atoms with E-state index in [0.717, 1.165) is 11.1 Å². The van der Waals surface area contributed by atoms with Gasteiger partial charge in [-0.1, -0.05) is 29.5 Å². The molecular formula is C22H22ClN5O. The number of anilines is 1. The number of rotatable bonds is 3. The number of aromatic amines is 1. The fourth-order valence-corrected chi connectivity index (χ4v) is 2.97. The van der Waals surface area contributed by atoms with Crippen LogP contribution >= 0.6 is 11.6 Å². The number of aryl methyl sites for hydroxylation is 1. The molecule has 0 aliphatic rings. The minimum atomic E-state index is -0.564. The summed E-state index contributed by atoms with van der Waals surface area (Å²) in [5.41, 5.74) is 15.5. The first-order valence-electron chi connectivity index (χ1n) is 9.00. The fourth-order valence-electron chi connectivity index (χ4n) is 2.80. The Bertz CT molecular complexity index is 1160. The number of nitrogens with two attached hydrogens (primary N) is 2. The quantitative estimate of drug-likeness (QED) is 0.565. The number of nitrogen functional groups attached to an aromatic ring is 1. The van der Waals surface area contributed by atoms with Crippen LogP contribution in [0.1, 0.15) is 42.3 Å². The summed E-state index contributed by atoms with van der Waals surface area (Å²) in [7, 11) is 0. The van der Waals surface area contributed by atoms with Crippen molar-refractivity contribution in [2.24, 2.45) is 11.1 Å². The van der Waals surface area contributed by atoms with Crippen LogP contribution in [-0.2, 0) is 0 Å². The van der Waals surface area contributed by atoms with E-state index >= 15 is 0 Å². The van der Waals surface area contributed by atoms with Gasteiger partial charge in [0.15, 0.2) is 0 Å². The van der Waals surface area contributed by atoms with Gasteiger partial charge in [0.25, 0.3) is 5.91 Å². The molecule has 3 aromatic rings. The Morgan fingerprint density at radius 3 is 2.62 bits per heavy atom. The number of aromatic nitrogens is 3. The Morgan fingerprint density at radius 1 is 1.24 bits per heavy atom. The standard InChI is InChI=1S/C22H22ClN5O/c1-12-5-6-14(23)9-15(12)19-16(20(24)29)10-17(27-19)18-13(7-8-22(2,3)4)11-26-21(25)28-18/h5-6,9-11,27H,1-4H3,(H2,24,29)(H2,25,26,28). The maximum absolute atomic E-state index is 12.1. The van der Waals surface area contributed by atoms with Gasteiger partial charge in [-0.05, 0) is 51.5 Å². The van der Waals surface area contributed by atoms with E-state index in [9.17, 15) is 4.79 Å². The molecule has 1 amide bonds. The molecule has 2 heterocycles. The summed E-state index contributed by atoms with van der Waals surface area (Å²) in [5.74, 6) is 5.82. The monoisotopic (exact) mass is 407 g/mol. The normalized spacial score (nSPS) is 11.1. The van der Waals surface area contributed by atoms with Gasteiger partial charge < -0.3 is 16.5 Å². The molecule has 0 saturated heterocycles. The van der Waals surface area contributed by atoms with Gasteiger partial charge in [-0.3, -0.25) is 4.79 Å². The fraction of sp³-hybridized carbons (Fsp3) is 0.227. The highest BCUT2D eigenvalue weighted by molar-refractivity contribution is 6.31. The van der Waals surface area contributed by atoms with Crippen molar-refractivity contribution in [2.75, 3.05) is 5.73 Å². The lowest BCUT2D eigenvalue weighted by Gasteiger charge is -2.08. The summed E-state index contributed by atoms with van der Waals surface area (Å²) in [6.07, 6.45) is 1.57. The van der Waals surface area contributed by atoms with Crippen LogP contribution < -0.4 is 11.5 Å². The molecule has 6 nitrogen and oxygen atoms in total. The number of H-pyrrole nitrogens is 1. The zero-order valence-electron chi connectivity index (χ0n) is 16.7. The Kier molecular flexibility index (Phi) is 5.36. The lowest BCUT2D eigenvalue weighted by Crippen LogP contribution is -2.11. The number of hydrogen-bond acceptors (Lipinski definition) is 4. The first-order chi connectivity index (χ1) is 13.5. The first kappa shape index (κ1) is 20.4. The first-order valence-corrected chi connectivity index (χ1v) is 9.38. The van der Waals surface area contributed by atoms with Gasteiger partial charge in [-0.2, -0.15) is 0 Å². The maximum Gasteiger partial charge on any atom is 0.250 e. The number of halogens is 1. The van der Waals surface area contributed by atoms with Crippen molar-refractivity contribution < 1.29 is 4.79 Å². The zero-order chi connectivity index (χ0) is 21.3. The molecule has 0 bridgehead atoms. The number of carbonyl (C=O) groups excluding carboxylic acids is 1. The summed E-state index contributed by atoms with van der Waals surface area (Å²) in [5, 5.41) is 0.556. The van der Waals surface area contributed by atoms with E-state index < -0.39 is 5.91 Å². The van der Waals surface area contributed by atoms with Crippen molar-refractivity contribution in [3.63, 3.8) is 0 Å². The third kappa shape index (κ3) is 4.58. The van der Waals surface area contributed by atoms with E-state index in [4.69, 9.17) is 23.1 Å². The van der Waals surface area contributed by atoms with Crippen molar-refractivity contribution >= 4 is 23.5 Å². The summed E-state index contributed by atoms with van der Waals surface area (Å²) >= 11 is 6.17. The minimum absolute atomic E-state index is 0.108. The molecule has 148 valence electrons. The summed E-state index contributed by atoms with van der Waals surface area (Å²) in [4.78, 5) is 23.8. The predicted molar refractivity (Wildman–Crippen MR) is 116 cm³/mol. The number of primary amides is 1. The molecule has 0 atom stereocenters. The molecule has 0 unspecified atom stereocenters. The second-order valence-electron chi connectivity index (χ2n) is 7.79. The lowest BCUT2D eigenvalue weighted by molar-refractivity contribution is 0.100. The number of nitrogens with one attached hydrogen (secondary N) is 1. The highest BCUT2D eigenvalue weighted by Gasteiger charge is 2.20. The van der Waals surface area contributed by atoms with Crippen LogP contribution in [0.5, 0.6) is 0 Å². The minimum Gasteiger partial charge on any atom is -0.368 e. The van der Waals surface area contributed by atoms with Crippen LogP contribution in [0.2, 0.25) is 5.02 Å². The SMILES string of the molecule is Cc1ccc(Cl)cc1-c1[nH]c(-c2nc(N)ncc2C#CC(C)(C)C)cc1C(N)=O. The Hall–Kier alpha value is -3.30. The molecule has 2 aromatic heterocycles. The lowest BCUT2D eigenvalue weighted by atomic mass is 9.97. The third-order valence-corrected chi connectivity index (χ3v) is 4.42. The number of amides is 1. The number of hydrogen-bond donors (Lipinski definition) is 3. The topological polar surface area (TPSA) is 111 Å². The molecule has 3 rings (SSSR count). The number of carbonyl (C=O) groups is 1. The van der Waals surface area contributed by atoms with Crippen LogP contribution in [0.4, 0.5) is 5.95 Å². The molecule has 0 aliphatic heterocycles. The van der Waals surface area contributed by atoms with Crippen LogP contribution in [-0.4, -0.2) is 20.9 Å². The Balaban J connectivity index is 2.23. The number of benzene rings is 1.